The number of hydrogen-bond acceptors (Lipinski definition) is 2. The number of aromatic nitrogens is 1. The van der Waals surface area contributed by atoms with Crippen LogP contribution in [0, 0.1) is 5.82 Å². The summed E-state index contributed by atoms with van der Waals surface area (Å²) in [6, 6.07) is 15.9. The summed E-state index contributed by atoms with van der Waals surface area (Å²) < 4.78 is 15.9. The van der Waals surface area contributed by atoms with E-state index in [-0.39, 0.29) is 17.8 Å². The van der Waals surface area contributed by atoms with Crippen LogP contribution in [-0.4, -0.2) is 40.5 Å². The summed E-state index contributed by atoms with van der Waals surface area (Å²) in [5.41, 5.74) is 3.16. The Hall–Kier alpha value is -2.66. The van der Waals surface area contributed by atoms with Crippen molar-refractivity contribution in [3.8, 4) is 11.3 Å². The first kappa shape index (κ1) is 18.4. The number of nitrogens with zero attached hydrogens (tertiary/aromatic N) is 2. The number of halogens is 1. The third kappa shape index (κ3) is 3.04. The number of carbonyl (C=O) groups excluding carboxylic acids is 1. The quantitative estimate of drug-likeness (QED) is 0.721. The molecule has 3 heterocycles. The van der Waals surface area contributed by atoms with E-state index in [9.17, 15) is 9.18 Å². The van der Waals surface area contributed by atoms with Crippen LogP contribution in [0.4, 0.5) is 4.39 Å². The van der Waals surface area contributed by atoms with Crippen molar-refractivity contribution in [1.29, 1.82) is 0 Å². The summed E-state index contributed by atoms with van der Waals surface area (Å²) in [7, 11) is 4.10. The largest absolute Gasteiger partial charge is 0.349 e. The van der Waals surface area contributed by atoms with Gasteiger partial charge in [0.15, 0.2) is 0 Å². The zero-order valence-electron chi connectivity index (χ0n) is 16.9. The topological polar surface area (TPSA) is 37.3 Å². The third-order valence-electron chi connectivity index (χ3n) is 6.87. The maximum Gasteiger partial charge on any atom is 0.254 e. The molecule has 2 fully saturated rings. The predicted molar refractivity (Wildman–Crippen MR) is 113 cm³/mol. The summed E-state index contributed by atoms with van der Waals surface area (Å²) in [6.45, 7) is 0. The third-order valence-corrected chi connectivity index (χ3v) is 6.87. The van der Waals surface area contributed by atoms with Crippen molar-refractivity contribution in [1.82, 2.24) is 14.8 Å². The molecule has 150 valence electrons. The number of amides is 1. The molecule has 5 rings (SSSR count). The van der Waals surface area contributed by atoms with Crippen LogP contribution in [0.25, 0.3) is 22.2 Å². The van der Waals surface area contributed by atoms with Gasteiger partial charge in [0.2, 0.25) is 0 Å². The minimum Gasteiger partial charge on any atom is -0.349 e. The number of carbonyl (C=O) groups is 1. The fourth-order valence-electron chi connectivity index (χ4n) is 5.36. The molecule has 2 aromatic carbocycles. The van der Waals surface area contributed by atoms with Crippen molar-refractivity contribution in [2.45, 2.75) is 43.8 Å². The van der Waals surface area contributed by atoms with Crippen molar-refractivity contribution >= 4 is 16.8 Å². The lowest BCUT2D eigenvalue weighted by Crippen LogP contribution is -2.48. The number of rotatable bonds is 3. The van der Waals surface area contributed by atoms with E-state index in [1.54, 1.807) is 6.07 Å². The van der Waals surface area contributed by atoms with Gasteiger partial charge in [0, 0.05) is 30.6 Å². The van der Waals surface area contributed by atoms with Crippen molar-refractivity contribution < 1.29 is 9.18 Å². The Labute approximate surface area is 170 Å². The molecule has 0 spiro atoms. The van der Waals surface area contributed by atoms with Gasteiger partial charge >= 0.3 is 0 Å². The van der Waals surface area contributed by atoms with E-state index in [4.69, 9.17) is 0 Å². The van der Waals surface area contributed by atoms with E-state index in [0.717, 1.165) is 35.0 Å². The number of piperidine rings is 1. The van der Waals surface area contributed by atoms with E-state index in [1.807, 2.05) is 41.9 Å². The van der Waals surface area contributed by atoms with Crippen LogP contribution in [0.2, 0.25) is 0 Å². The molecule has 1 amide bonds. The molecule has 2 aliphatic rings. The van der Waals surface area contributed by atoms with Crippen molar-refractivity contribution in [2.75, 3.05) is 7.05 Å². The van der Waals surface area contributed by atoms with E-state index in [0.29, 0.717) is 17.6 Å². The smallest absolute Gasteiger partial charge is 0.254 e. The molecular weight excluding hydrogens is 365 g/mol. The molecule has 3 aromatic rings. The lowest BCUT2D eigenvalue weighted by atomic mass is 9.97. The fourth-order valence-corrected chi connectivity index (χ4v) is 5.36. The van der Waals surface area contributed by atoms with Gasteiger partial charge in [-0.3, -0.25) is 4.79 Å². The highest BCUT2D eigenvalue weighted by molar-refractivity contribution is 6.12. The van der Waals surface area contributed by atoms with E-state index in [1.165, 1.54) is 25.0 Å². The lowest BCUT2D eigenvalue weighted by Gasteiger charge is -2.36. The Bertz CT molecular complexity index is 1060. The zero-order valence-corrected chi connectivity index (χ0v) is 16.9. The molecule has 5 heteroatoms. The van der Waals surface area contributed by atoms with Crippen LogP contribution in [-0.2, 0) is 7.05 Å². The van der Waals surface area contributed by atoms with Gasteiger partial charge in [-0.2, -0.15) is 0 Å². The van der Waals surface area contributed by atoms with E-state index < -0.39 is 0 Å². The molecule has 2 aliphatic heterocycles. The number of hydrogen-bond donors (Lipinski definition) is 1. The maximum atomic E-state index is 13.9. The SMILES string of the molecule is CN1C2CCC1CC(NC(=O)c1c(-c3ccccc3)n(C)c3cc(F)ccc13)C2. The molecule has 2 unspecified atom stereocenters. The van der Waals surface area contributed by atoms with Gasteiger partial charge in [-0.05, 0) is 56.5 Å². The molecular formula is C24H26FN3O. The molecule has 2 saturated heterocycles. The molecule has 1 N–H and O–H groups in total. The number of aryl methyl sites for hydroxylation is 1. The minimum atomic E-state index is -0.295. The number of fused-ring (bicyclic) bond motifs is 3. The van der Waals surface area contributed by atoms with Gasteiger partial charge in [-0.1, -0.05) is 30.3 Å². The number of nitrogens with one attached hydrogen (secondary N) is 1. The van der Waals surface area contributed by atoms with E-state index in [2.05, 4.69) is 17.3 Å². The molecule has 4 nitrogen and oxygen atoms in total. The van der Waals surface area contributed by atoms with Gasteiger partial charge < -0.3 is 14.8 Å². The van der Waals surface area contributed by atoms with Crippen LogP contribution in [0.1, 0.15) is 36.0 Å². The lowest BCUT2D eigenvalue weighted by molar-refractivity contribution is 0.0884. The average Bonchev–Trinajstić information content (AvgIpc) is 3.10. The first-order valence-electron chi connectivity index (χ1n) is 10.4. The highest BCUT2D eigenvalue weighted by Crippen LogP contribution is 2.36. The van der Waals surface area contributed by atoms with Gasteiger partial charge in [0.25, 0.3) is 5.91 Å². The first-order chi connectivity index (χ1) is 14.0. The number of benzene rings is 2. The average molecular weight is 391 g/mol. The Morgan fingerprint density at radius 1 is 1.03 bits per heavy atom. The van der Waals surface area contributed by atoms with Crippen molar-refractivity contribution in [3.63, 3.8) is 0 Å². The summed E-state index contributed by atoms with van der Waals surface area (Å²) >= 11 is 0. The van der Waals surface area contributed by atoms with Crippen molar-refractivity contribution in [2.24, 2.45) is 7.05 Å². The highest BCUT2D eigenvalue weighted by atomic mass is 19.1. The van der Waals surface area contributed by atoms with Crippen LogP contribution in [0.5, 0.6) is 0 Å². The molecule has 2 bridgehead atoms. The fraction of sp³-hybridized carbons (Fsp3) is 0.375. The summed E-state index contributed by atoms with van der Waals surface area (Å²) in [4.78, 5) is 16.0. The molecule has 1 aromatic heterocycles. The highest BCUT2D eigenvalue weighted by Gasteiger charge is 2.39. The Morgan fingerprint density at radius 3 is 2.41 bits per heavy atom. The second kappa shape index (κ2) is 6.99. The van der Waals surface area contributed by atoms with E-state index >= 15 is 0 Å². The van der Waals surface area contributed by atoms with Crippen LogP contribution in [0.3, 0.4) is 0 Å². The van der Waals surface area contributed by atoms with Crippen molar-refractivity contribution in [3.05, 3.63) is 59.9 Å². The summed E-state index contributed by atoms with van der Waals surface area (Å²) in [6.07, 6.45) is 4.43. The molecule has 29 heavy (non-hydrogen) atoms. The first-order valence-corrected chi connectivity index (χ1v) is 10.4. The van der Waals surface area contributed by atoms with Gasteiger partial charge in [-0.15, -0.1) is 0 Å². The zero-order chi connectivity index (χ0) is 20.1. The second-order valence-electron chi connectivity index (χ2n) is 8.50. The summed E-state index contributed by atoms with van der Waals surface area (Å²) in [5.74, 6) is -0.355. The van der Waals surface area contributed by atoms with Gasteiger partial charge in [0.1, 0.15) is 5.82 Å². The second-order valence-corrected chi connectivity index (χ2v) is 8.50. The molecule has 0 aliphatic carbocycles. The molecule has 2 atom stereocenters. The Morgan fingerprint density at radius 2 is 1.72 bits per heavy atom. The Balaban J connectivity index is 1.56. The monoisotopic (exact) mass is 391 g/mol. The minimum absolute atomic E-state index is 0.0602. The van der Waals surface area contributed by atoms with Gasteiger partial charge in [-0.25, -0.2) is 4.39 Å². The molecule has 0 saturated carbocycles. The molecule has 0 radical (unpaired) electrons. The predicted octanol–water partition coefficient (Wildman–Crippen LogP) is 4.34. The van der Waals surface area contributed by atoms with Crippen LogP contribution in [0.15, 0.2) is 48.5 Å². The standard InChI is InChI=1S/C24H26FN3O/c1-27-18-9-10-19(27)14-17(13-18)26-24(29)22-20-11-8-16(25)12-21(20)28(2)23(22)15-6-4-3-5-7-15/h3-8,11-12,17-19H,9-10,13-14H2,1-2H3,(H,26,29). The summed E-state index contributed by atoms with van der Waals surface area (Å²) in [5, 5.41) is 4.11. The maximum absolute atomic E-state index is 13.9. The Kier molecular flexibility index (Phi) is 4.43. The van der Waals surface area contributed by atoms with Crippen LogP contribution < -0.4 is 5.32 Å². The van der Waals surface area contributed by atoms with Gasteiger partial charge in [0.05, 0.1) is 16.8 Å². The normalized spacial score (nSPS) is 24.2. The van der Waals surface area contributed by atoms with Crippen LogP contribution >= 0.6 is 0 Å².